The van der Waals surface area contributed by atoms with Gasteiger partial charge in [-0.1, -0.05) is 12.1 Å². The van der Waals surface area contributed by atoms with Gasteiger partial charge in [0, 0.05) is 42.9 Å². The molecular weight excluding hydrogens is 354 g/mol. The number of nitrogens with zero attached hydrogens (tertiary/aromatic N) is 1. The molecule has 148 valence electrons. The number of piperidine rings is 1. The predicted octanol–water partition coefficient (Wildman–Crippen LogP) is 3.42. The third kappa shape index (κ3) is 4.62. The molecule has 2 saturated heterocycles. The molecule has 2 aliphatic rings. The molecule has 2 aliphatic heterocycles. The topological polar surface area (TPSA) is 72.5 Å². The maximum absolute atomic E-state index is 12.5. The number of hydrogen-bond donors (Lipinski definition) is 2. The van der Waals surface area contributed by atoms with Crippen molar-refractivity contribution in [1.82, 2.24) is 15.6 Å². The second kappa shape index (κ2) is 8.61. The number of nitrogens with one attached hydrogen (secondary N) is 2. The van der Waals surface area contributed by atoms with E-state index in [0.717, 1.165) is 24.2 Å². The van der Waals surface area contributed by atoms with E-state index in [1.807, 2.05) is 36.4 Å². The van der Waals surface area contributed by atoms with Crippen LogP contribution in [0.1, 0.15) is 37.7 Å². The summed E-state index contributed by atoms with van der Waals surface area (Å²) in [6.45, 7) is 0.407. The smallest absolute Gasteiger partial charge is 0.224 e. The molecule has 4 rings (SSSR count). The molecule has 0 saturated carbocycles. The Morgan fingerprint density at radius 3 is 2.75 bits per heavy atom. The van der Waals surface area contributed by atoms with E-state index in [-0.39, 0.29) is 5.91 Å². The normalized spacial score (nSPS) is 23.2. The van der Waals surface area contributed by atoms with Crippen LogP contribution in [0.2, 0.25) is 0 Å². The summed E-state index contributed by atoms with van der Waals surface area (Å²) in [7, 11) is 1.62. The summed E-state index contributed by atoms with van der Waals surface area (Å²) in [5.41, 5.74) is 0.851. The Morgan fingerprint density at radius 2 is 1.96 bits per heavy atom. The summed E-state index contributed by atoms with van der Waals surface area (Å²) in [5.74, 6) is 2.45. The summed E-state index contributed by atoms with van der Waals surface area (Å²) in [5, 5.41) is 6.67. The van der Waals surface area contributed by atoms with E-state index in [1.165, 1.54) is 12.8 Å². The first-order valence-electron chi connectivity index (χ1n) is 9.98. The maximum atomic E-state index is 12.5. The van der Waals surface area contributed by atoms with Gasteiger partial charge in [-0.25, -0.2) is 4.98 Å². The molecule has 2 bridgehead atoms. The number of carbonyl (C=O) groups excluding carboxylic acids is 1. The standard InChI is InChI=1S/C22H27N3O3/c1-27-19-5-2-6-20(13-19)28-22-16(4-3-9-23-22)14-24-21(26)12-15-10-17-7-8-18(11-15)25-17/h2-6,9,13,15,17-18,25H,7-8,10-12,14H2,1H3,(H,24,26). The minimum absolute atomic E-state index is 0.0995. The highest BCUT2D eigenvalue weighted by atomic mass is 16.5. The van der Waals surface area contributed by atoms with Crippen LogP contribution in [-0.2, 0) is 11.3 Å². The lowest BCUT2D eigenvalue weighted by atomic mass is 9.89. The van der Waals surface area contributed by atoms with E-state index < -0.39 is 0 Å². The Labute approximate surface area is 165 Å². The molecular formula is C22H27N3O3. The van der Waals surface area contributed by atoms with Gasteiger partial charge in [0.15, 0.2) is 0 Å². The molecule has 0 aliphatic carbocycles. The van der Waals surface area contributed by atoms with Crippen molar-refractivity contribution in [3.8, 4) is 17.4 Å². The van der Waals surface area contributed by atoms with Crippen LogP contribution in [0, 0.1) is 5.92 Å². The van der Waals surface area contributed by atoms with Crippen molar-refractivity contribution in [3.63, 3.8) is 0 Å². The minimum atomic E-state index is 0.0995. The van der Waals surface area contributed by atoms with Gasteiger partial charge in [-0.05, 0) is 49.8 Å². The molecule has 0 radical (unpaired) electrons. The average Bonchev–Trinajstić information content (AvgIpc) is 3.05. The molecule has 2 N–H and O–H groups in total. The molecule has 0 spiro atoms. The lowest BCUT2D eigenvalue weighted by Gasteiger charge is -2.28. The Morgan fingerprint density at radius 1 is 1.18 bits per heavy atom. The fourth-order valence-electron chi connectivity index (χ4n) is 4.30. The number of amides is 1. The highest BCUT2D eigenvalue weighted by Gasteiger charge is 2.34. The van der Waals surface area contributed by atoms with Gasteiger partial charge in [-0.15, -0.1) is 0 Å². The Hall–Kier alpha value is -2.60. The monoisotopic (exact) mass is 381 g/mol. The third-order valence-corrected chi connectivity index (χ3v) is 5.63. The zero-order valence-corrected chi connectivity index (χ0v) is 16.2. The number of ether oxygens (including phenoxy) is 2. The molecule has 6 heteroatoms. The van der Waals surface area contributed by atoms with Gasteiger partial charge in [0.05, 0.1) is 7.11 Å². The van der Waals surface area contributed by atoms with Crippen molar-refractivity contribution in [2.24, 2.45) is 5.92 Å². The largest absolute Gasteiger partial charge is 0.497 e. The minimum Gasteiger partial charge on any atom is -0.497 e. The number of fused-ring (bicyclic) bond motifs is 2. The zero-order valence-electron chi connectivity index (χ0n) is 16.2. The van der Waals surface area contributed by atoms with E-state index >= 15 is 0 Å². The molecule has 3 heterocycles. The number of carbonyl (C=O) groups is 1. The van der Waals surface area contributed by atoms with Gasteiger partial charge in [-0.3, -0.25) is 4.79 Å². The van der Waals surface area contributed by atoms with E-state index in [1.54, 1.807) is 13.3 Å². The molecule has 6 nitrogen and oxygen atoms in total. The van der Waals surface area contributed by atoms with Gasteiger partial charge in [0.2, 0.25) is 11.8 Å². The molecule has 2 fully saturated rings. The molecule has 1 amide bonds. The van der Waals surface area contributed by atoms with Crippen molar-refractivity contribution in [2.75, 3.05) is 7.11 Å². The number of benzene rings is 1. The summed E-state index contributed by atoms with van der Waals surface area (Å²) >= 11 is 0. The van der Waals surface area contributed by atoms with Crippen LogP contribution >= 0.6 is 0 Å². The van der Waals surface area contributed by atoms with Gasteiger partial charge >= 0.3 is 0 Å². The lowest BCUT2D eigenvalue weighted by molar-refractivity contribution is -0.122. The Kier molecular flexibility index (Phi) is 5.76. The lowest BCUT2D eigenvalue weighted by Crippen LogP contribution is -2.39. The van der Waals surface area contributed by atoms with Crippen molar-refractivity contribution in [2.45, 2.75) is 50.7 Å². The van der Waals surface area contributed by atoms with Gasteiger partial charge in [0.1, 0.15) is 11.5 Å². The van der Waals surface area contributed by atoms with E-state index in [0.29, 0.717) is 42.6 Å². The van der Waals surface area contributed by atoms with Crippen molar-refractivity contribution < 1.29 is 14.3 Å². The second-order valence-corrected chi connectivity index (χ2v) is 7.70. The first-order chi connectivity index (χ1) is 13.7. The Bertz CT molecular complexity index is 814. The fourth-order valence-corrected chi connectivity index (χ4v) is 4.30. The summed E-state index contributed by atoms with van der Waals surface area (Å²) in [6, 6.07) is 12.4. The highest BCUT2D eigenvalue weighted by Crippen LogP contribution is 2.32. The number of pyridine rings is 1. The van der Waals surface area contributed by atoms with Crippen LogP contribution < -0.4 is 20.1 Å². The van der Waals surface area contributed by atoms with Crippen LogP contribution in [-0.4, -0.2) is 30.1 Å². The van der Waals surface area contributed by atoms with Crippen LogP contribution in [0.4, 0.5) is 0 Å². The number of rotatable bonds is 7. The third-order valence-electron chi connectivity index (χ3n) is 5.63. The zero-order chi connectivity index (χ0) is 19.3. The van der Waals surface area contributed by atoms with Crippen LogP contribution in [0.5, 0.6) is 17.4 Å². The van der Waals surface area contributed by atoms with E-state index in [2.05, 4.69) is 15.6 Å². The molecule has 2 aromatic rings. The number of aromatic nitrogens is 1. The summed E-state index contributed by atoms with van der Waals surface area (Å²) < 4.78 is 11.2. The first-order valence-corrected chi connectivity index (χ1v) is 9.98. The van der Waals surface area contributed by atoms with Gasteiger partial charge in [-0.2, -0.15) is 0 Å². The highest BCUT2D eigenvalue weighted by molar-refractivity contribution is 5.76. The molecule has 1 aromatic carbocycles. The number of methoxy groups -OCH3 is 1. The molecule has 2 atom stereocenters. The molecule has 28 heavy (non-hydrogen) atoms. The van der Waals surface area contributed by atoms with Crippen LogP contribution in [0.25, 0.3) is 0 Å². The van der Waals surface area contributed by atoms with E-state index in [4.69, 9.17) is 9.47 Å². The first kappa shape index (κ1) is 18.7. The van der Waals surface area contributed by atoms with Crippen molar-refractivity contribution in [1.29, 1.82) is 0 Å². The average molecular weight is 381 g/mol. The Balaban J connectivity index is 1.34. The SMILES string of the molecule is COc1cccc(Oc2ncccc2CNC(=O)CC2CC3CCC(C2)N3)c1. The predicted molar refractivity (Wildman–Crippen MR) is 106 cm³/mol. The molecule has 1 aromatic heterocycles. The summed E-state index contributed by atoms with van der Waals surface area (Å²) in [6.07, 6.45) is 7.02. The molecule has 2 unspecified atom stereocenters. The van der Waals surface area contributed by atoms with Crippen LogP contribution in [0.15, 0.2) is 42.6 Å². The van der Waals surface area contributed by atoms with E-state index in [9.17, 15) is 4.79 Å². The quantitative estimate of drug-likeness (QED) is 0.769. The summed E-state index contributed by atoms with van der Waals surface area (Å²) in [4.78, 5) is 16.8. The van der Waals surface area contributed by atoms with Gasteiger partial charge in [0.25, 0.3) is 0 Å². The van der Waals surface area contributed by atoms with Gasteiger partial charge < -0.3 is 20.1 Å². The number of hydrogen-bond acceptors (Lipinski definition) is 5. The van der Waals surface area contributed by atoms with Crippen molar-refractivity contribution >= 4 is 5.91 Å². The fraction of sp³-hybridized carbons (Fsp3) is 0.455. The second-order valence-electron chi connectivity index (χ2n) is 7.70. The van der Waals surface area contributed by atoms with Crippen molar-refractivity contribution in [3.05, 3.63) is 48.2 Å². The maximum Gasteiger partial charge on any atom is 0.224 e. The van der Waals surface area contributed by atoms with Crippen LogP contribution in [0.3, 0.4) is 0 Å².